The molecule has 3 atom stereocenters. The Kier molecular flexibility index (Phi) is 4.80. The molecule has 0 spiro atoms. The lowest BCUT2D eigenvalue weighted by Crippen LogP contribution is -2.32. The fourth-order valence-corrected chi connectivity index (χ4v) is 3.92. The minimum Gasteiger partial charge on any atom is -0.496 e. The van der Waals surface area contributed by atoms with Gasteiger partial charge in [-0.3, -0.25) is 14.3 Å². The third-order valence-corrected chi connectivity index (χ3v) is 5.63. The summed E-state index contributed by atoms with van der Waals surface area (Å²) in [6, 6.07) is 8.95. The molecule has 2 heterocycles. The Labute approximate surface area is 163 Å². The van der Waals surface area contributed by atoms with Gasteiger partial charge in [0.05, 0.1) is 26.4 Å². The number of hydrogen-bond acceptors (Lipinski definition) is 5. The number of amides is 2. The summed E-state index contributed by atoms with van der Waals surface area (Å²) in [7, 11) is 3.14. The van der Waals surface area contributed by atoms with Gasteiger partial charge in [-0.15, -0.1) is 0 Å². The topological polar surface area (TPSA) is 94.5 Å². The number of nitrogens with one attached hydrogen (secondary N) is 2. The van der Waals surface area contributed by atoms with Gasteiger partial charge >= 0.3 is 0 Å². The van der Waals surface area contributed by atoms with Gasteiger partial charge in [0.25, 0.3) is 11.8 Å². The van der Waals surface area contributed by atoms with E-state index in [0.717, 1.165) is 5.56 Å². The second-order valence-electron chi connectivity index (χ2n) is 7.22. The highest BCUT2D eigenvalue weighted by atomic mass is 16.5. The van der Waals surface area contributed by atoms with Gasteiger partial charge in [-0.1, -0.05) is 18.2 Å². The van der Waals surface area contributed by atoms with E-state index in [4.69, 9.17) is 9.47 Å². The number of rotatable bonds is 6. The average molecular weight is 384 g/mol. The van der Waals surface area contributed by atoms with E-state index >= 15 is 0 Å². The molecular weight excluding hydrogens is 360 g/mol. The summed E-state index contributed by atoms with van der Waals surface area (Å²) in [5.74, 6) is 0.920. The quantitative estimate of drug-likeness (QED) is 0.781. The summed E-state index contributed by atoms with van der Waals surface area (Å²) in [6.45, 7) is 3.31. The molecule has 4 rings (SSSR count). The molecule has 3 unspecified atom stereocenters. The standard InChI is InChI=1S/C20H24N4O4/c1-11(12-6-4-5-7-17(12)27-3)24-16(8-15(23-24)19(25)21-2)20(26)22-18-13-9-28-10-14(13)18/h4-8,11,13-14,18H,9-10H2,1-3H3,(H,21,25)(H,22,26). The first-order chi connectivity index (χ1) is 13.5. The highest BCUT2D eigenvalue weighted by Gasteiger charge is 2.55. The van der Waals surface area contributed by atoms with Crippen LogP contribution in [0, 0.1) is 11.8 Å². The molecule has 8 nitrogen and oxygen atoms in total. The number of para-hydroxylation sites is 1. The maximum absolute atomic E-state index is 13.0. The van der Waals surface area contributed by atoms with Crippen LogP contribution >= 0.6 is 0 Å². The van der Waals surface area contributed by atoms with Gasteiger partial charge in [0.15, 0.2) is 5.69 Å². The third kappa shape index (κ3) is 3.13. The van der Waals surface area contributed by atoms with Gasteiger partial charge in [-0.2, -0.15) is 5.10 Å². The van der Waals surface area contributed by atoms with Crippen molar-refractivity contribution in [2.45, 2.75) is 19.0 Å². The number of fused-ring (bicyclic) bond motifs is 1. The van der Waals surface area contributed by atoms with E-state index in [2.05, 4.69) is 15.7 Å². The Hall–Kier alpha value is -2.87. The lowest BCUT2D eigenvalue weighted by Gasteiger charge is -2.18. The Morgan fingerprint density at radius 3 is 2.64 bits per heavy atom. The lowest BCUT2D eigenvalue weighted by atomic mass is 10.1. The number of aromatic nitrogens is 2. The highest BCUT2D eigenvalue weighted by Crippen LogP contribution is 2.44. The molecule has 1 aliphatic carbocycles. The molecule has 0 radical (unpaired) electrons. The van der Waals surface area contributed by atoms with Crippen LogP contribution in [0.4, 0.5) is 0 Å². The highest BCUT2D eigenvalue weighted by molar-refractivity contribution is 5.98. The molecule has 2 amide bonds. The molecule has 148 valence electrons. The van der Waals surface area contributed by atoms with Crippen LogP contribution in [-0.2, 0) is 4.74 Å². The molecule has 2 aliphatic rings. The molecule has 1 aromatic heterocycles. The fourth-order valence-electron chi connectivity index (χ4n) is 3.92. The zero-order valence-corrected chi connectivity index (χ0v) is 16.1. The molecule has 2 aromatic rings. The zero-order valence-electron chi connectivity index (χ0n) is 16.1. The molecule has 2 fully saturated rings. The van der Waals surface area contributed by atoms with Crippen molar-refractivity contribution in [3.63, 3.8) is 0 Å². The summed E-state index contributed by atoms with van der Waals surface area (Å²) in [5.41, 5.74) is 1.43. The van der Waals surface area contributed by atoms with Gasteiger partial charge in [-0.05, 0) is 13.0 Å². The monoisotopic (exact) mass is 384 g/mol. The SMILES string of the molecule is CNC(=O)c1cc(C(=O)NC2C3COCC32)n(C(C)c2ccccc2OC)n1. The van der Waals surface area contributed by atoms with Crippen LogP contribution in [0.15, 0.2) is 30.3 Å². The molecule has 1 saturated carbocycles. The minimum absolute atomic E-state index is 0.134. The fraction of sp³-hybridized carbons (Fsp3) is 0.450. The van der Waals surface area contributed by atoms with E-state index < -0.39 is 0 Å². The molecule has 0 bridgehead atoms. The van der Waals surface area contributed by atoms with Gasteiger partial charge in [0.1, 0.15) is 11.4 Å². The number of carbonyl (C=O) groups is 2. The summed E-state index contributed by atoms with van der Waals surface area (Å²) in [4.78, 5) is 25.1. The first kappa shape index (κ1) is 18.5. The number of ether oxygens (including phenoxy) is 2. The minimum atomic E-state index is -0.336. The predicted molar refractivity (Wildman–Crippen MR) is 101 cm³/mol. The van der Waals surface area contributed by atoms with Crippen molar-refractivity contribution in [2.75, 3.05) is 27.4 Å². The smallest absolute Gasteiger partial charge is 0.271 e. The number of methoxy groups -OCH3 is 1. The summed E-state index contributed by atoms with van der Waals surface area (Å²) < 4.78 is 12.4. The molecule has 1 saturated heterocycles. The summed E-state index contributed by atoms with van der Waals surface area (Å²) >= 11 is 0. The molecule has 1 aliphatic heterocycles. The number of benzene rings is 1. The van der Waals surface area contributed by atoms with Crippen molar-refractivity contribution >= 4 is 11.8 Å². The summed E-state index contributed by atoms with van der Waals surface area (Å²) in [6.07, 6.45) is 0. The maximum atomic E-state index is 13.0. The first-order valence-electron chi connectivity index (χ1n) is 9.38. The second-order valence-corrected chi connectivity index (χ2v) is 7.22. The summed E-state index contributed by atoms with van der Waals surface area (Å²) in [5, 5.41) is 10.1. The van der Waals surface area contributed by atoms with E-state index in [9.17, 15) is 9.59 Å². The third-order valence-electron chi connectivity index (χ3n) is 5.63. The largest absolute Gasteiger partial charge is 0.496 e. The molecule has 28 heavy (non-hydrogen) atoms. The number of hydrogen-bond donors (Lipinski definition) is 2. The Balaban J connectivity index is 1.66. The van der Waals surface area contributed by atoms with E-state index in [1.807, 2.05) is 31.2 Å². The maximum Gasteiger partial charge on any atom is 0.271 e. The Bertz CT molecular complexity index is 899. The van der Waals surface area contributed by atoms with Gasteiger partial charge in [0, 0.05) is 36.6 Å². The second kappa shape index (κ2) is 7.27. The first-order valence-corrected chi connectivity index (χ1v) is 9.38. The average Bonchev–Trinajstić information content (AvgIpc) is 3.13. The van der Waals surface area contributed by atoms with E-state index in [-0.39, 0.29) is 29.6 Å². The van der Waals surface area contributed by atoms with Crippen LogP contribution in [0.2, 0.25) is 0 Å². The van der Waals surface area contributed by atoms with Crippen LogP contribution < -0.4 is 15.4 Å². The molecule has 1 aromatic carbocycles. The molecular formula is C20H24N4O4. The lowest BCUT2D eigenvalue weighted by molar-refractivity contribution is 0.0915. The van der Waals surface area contributed by atoms with Crippen molar-refractivity contribution in [3.8, 4) is 5.75 Å². The Morgan fingerprint density at radius 2 is 1.96 bits per heavy atom. The van der Waals surface area contributed by atoms with Gasteiger partial charge in [0.2, 0.25) is 0 Å². The van der Waals surface area contributed by atoms with E-state index in [1.54, 1.807) is 11.8 Å². The molecule has 8 heteroatoms. The number of carbonyl (C=O) groups excluding carboxylic acids is 2. The van der Waals surface area contributed by atoms with E-state index in [1.165, 1.54) is 13.1 Å². The van der Waals surface area contributed by atoms with Crippen LogP contribution in [0.25, 0.3) is 0 Å². The Morgan fingerprint density at radius 1 is 1.25 bits per heavy atom. The normalized spacial score (nSPS) is 23.6. The van der Waals surface area contributed by atoms with E-state index in [0.29, 0.717) is 36.5 Å². The van der Waals surface area contributed by atoms with Crippen molar-refractivity contribution in [2.24, 2.45) is 11.8 Å². The molecule has 2 N–H and O–H groups in total. The van der Waals surface area contributed by atoms with Crippen molar-refractivity contribution < 1.29 is 19.1 Å². The van der Waals surface area contributed by atoms with Crippen LogP contribution in [-0.4, -0.2) is 55.0 Å². The van der Waals surface area contributed by atoms with Crippen molar-refractivity contribution in [1.29, 1.82) is 0 Å². The van der Waals surface area contributed by atoms with Gasteiger partial charge < -0.3 is 20.1 Å². The predicted octanol–water partition coefficient (Wildman–Crippen LogP) is 1.24. The van der Waals surface area contributed by atoms with Crippen LogP contribution in [0.1, 0.15) is 39.5 Å². The van der Waals surface area contributed by atoms with Gasteiger partial charge in [-0.25, -0.2) is 0 Å². The zero-order chi connectivity index (χ0) is 19.8. The van der Waals surface area contributed by atoms with Crippen molar-refractivity contribution in [1.82, 2.24) is 20.4 Å². The van der Waals surface area contributed by atoms with Crippen LogP contribution in [0.3, 0.4) is 0 Å². The van der Waals surface area contributed by atoms with Crippen molar-refractivity contribution in [3.05, 3.63) is 47.3 Å². The number of nitrogens with zero attached hydrogens (tertiary/aromatic N) is 2. The van der Waals surface area contributed by atoms with Crippen LogP contribution in [0.5, 0.6) is 5.75 Å².